The lowest BCUT2D eigenvalue weighted by Gasteiger charge is -2.10. The number of aryl methyl sites for hydroxylation is 2. The largest absolute Gasteiger partial charge is 0.486 e. The van der Waals surface area contributed by atoms with Crippen LogP contribution in [-0.2, 0) is 17.9 Å². The second-order valence-corrected chi connectivity index (χ2v) is 8.34. The molecule has 0 spiro atoms. The summed E-state index contributed by atoms with van der Waals surface area (Å²) in [5.41, 5.74) is 2.87. The quantitative estimate of drug-likeness (QED) is 0.443. The molecule has 6 nitrogen and oxygen atoms in total. The predicted octanol–water partition coefficient (Wildman–Crippen LogP) is 5.53. The molecule has 3 aromatic rings. The first-order chi connectivity index (χ1) is 14.4. The molecule has 1 amide bonds. The average molecular weight is 465 g/mol. The van der Waals surface area contributed by atoms with E-state index in [0.29, 0.717) is 39.9 Å². The number of anilines is 1. The molecule has 0 aliphatic heterocycles. The summed E-state index contributed by atoms with van der Waals surface area (Å²) in [6.07, 6.45) is 0. The summed E-state index contributed by atoms with van der Waals surface area (Å²) in [6, 6.07) is 11.1. The molecule has 0 saturated carbocycles. The van der Waals surface area contributed by atoms with Gasteiger partial charge in [-0.3, -0.25) is 4.79 Å². The summed E-state index contributed by atoms with van der Waals surface area (Å²) < 4.78 is 7.81. The van der Waals surface area contributed by atoms with Crippen molar-refractivity contribution in [3.05, 3.63) is 63.4 Å². The lowest BCUT2D eigenvalue weighted by Crippen LogP contribution is -2.15. The Balaban J connectivity index is 1.60. The molecule has 1 heterocycles. The zero-order valence-electron chi connectivity index (χ0n) is 16.9. The number of aromatic nitrogens is 3. The van der Waals surface area contributed by atoms with Crippen molar-refractivity contribution in [3.8, 4) is 5.75 Å². The number of thioether (sulfide) groups is 1. The van der Waals surface area contributed by atoms with Gasteiger partial charge in [-0.2, -0.15) is 0 Å². The Bertz CT molecular complexity index is 1060. The number of rotatable bonds is 8. The molecule has 0 radical (unpaired) electrons. The molecule has 0 aliphatic carbocycles. The SMILES string of the molecule is CCn1c(COc2ccc(C)c(C)c2)nnc1SCC(=O)Nc1cccc(Cl)c1Cl. The van der Waals surface area contributed by atoms with Gasteiger partial charge in [0.2, 0.25) is 5.91 Å². The van der Waals surface area contributed by atoms with E-state index in [1.807, 2.05) is 36.6 Å². The summed E-state index contributed by atoms with van der Waals surface area (Å²) in [7, 11) is 0. The van der Waals surface area contributed by atoms with E-state index in [1.54, 1.807) is 18.2 Å². The van der Waals surface area contributed by atoms with E-state index in [9.17, 15) is 4.79 Å². The average Bonchev–Trinajstić information content (AvgIpc) is 3.12. The Morgan fingerprint density at radius 1 is 1.17 bits per heavy atom. The van der Waals surface area contributed by atoms with E-state index in [1.165, 1.54) is 22.9 Å². The number of hydrogen-bond donors (Lipinski definition) is 1. The van der Waals surface area contributed by atoms with Crippen molar-refractivity contribution in [2.24, 2.45) is 0 Å². The van der Waals surface area contributed by atoms with E-state index < -0.39 is 0 Å². The minimum Gasteiger partial charge on any atom is -0.486 e. The molecular formula is C21H22Cl2N4O2S. The highest BCUT2D eigenvalue weighted by atomic mass is 35.5. The second kappa shape index (κ2) is 10.2. The van der Waals surface area contributed by atoms with Gasteiger partial charge >= 0.3 is 0 Å². The van der Waals surface area contributed by atoms with Crippen LogP contribution in [-0.4, -0.2) is 26.4 Å². The van der Waals surface area contributed by atoms with Crippen LogP contribution in [0.3, 0.4) is 0 Å². The highest BCUT2D eigenvalue weighted by Crippen LogP contribution is 2.30. The molecule has 1 aromatic heterocycles. The molecule has 0 atom stereocenters. The molecule has 0 fully saturated rings. The van der Waals surface area contributed by atoms with Gasteiger partial charge in [-0.15, -0.1) is 10.2 Å². The van der Waals surface area contributed by atoms with Crippen LogP contribution in [0.15, 0.2) is 41.6 Å². The zero-order valence-corrected chi connectivity index (χ0v) is 19.2. The van der Waals surface area contributed by atoms with Gasteiger partial charge in [0.05, 0.1) is 21.5 Å². The van der Waals surface area contributed by atoms with Gasteiger partial charge < -0.3 is 14.6 Å². The highest BCUT2D eigenvalue weighted by Gasteiger charge is 2.15. The normalized spacial score (nSPS) is 10.8. The van der Waals surface area contributed by atoms with Crippen molar-refractivity contribution >= 4 is 46.6 Å². The number of hydrogen-bond acceptors (Lipinski definition) is 5. The van der Waals surface area contributed by atoms with E-state index >= 15 is 0 Å². The summed E-state index contributed by atoms with van der Waals surface area (Å²) in [5.74, 6) is 1.45. The van der Waals surface area contributed by atoms with Crippen LogP contribution in [0.5, 0.6) is 5.75 Å². The molecule has 0 bridgehead atoms. The van der Waals surface area contributed by atoms with Crippen LogP contribution in [0.4, 0.5) is 5.69 Å². The number of benzene rings is 2. The monoisotopic (exact) mass is 464 g/mol. The number of ether oxygens (including phenoxy) is 1. The van der Waals surface area contributed by atoms with E-state index in [-0.39, 0.29) is 11.7 Å². The van der Waals surface area contributed by atoms with Crippen LogP contribution in [0.25, 0.3) is 0 Å². The highest BCUT2D eigenvalue weighted by molar-refractivity contribution is 7.99. The topological polar surface area (TPSA) is 69.0 Å². The fourth-order valence-electron chi connectivity index (χ4n) is 2.72. The molecule has 3 rings (SSSR count). The van der Waals surface area contributed by atoms with Gasteiger partial charge in [-0.05, 0) is 56.2 Å². The molecular weight excluding hydrogens is 443 g/mol. The van der Waals surface area contributed by atoms with Gasteiger partial charge in [0, 0.05) is 6.54 Å². The number of carbonyl (C=O) groups excluding carboxylic acids is 1. The first-order valence-corrected chi connectivity index (χ1v) is 11.1. The van der Waals surface area contributed by atoms with E-state index in [0.717, 1.165) is 5.75 Å². The molecule has 0 unspecified atom stereocenters. The van der Waals surface area contributed by atoms with Gasteiger partial charge in [0.25, 0.3) is 0 Å². The first kappa shape index (κ1) is 22.5. The predicted molar refractivity (Wildman–Crippen MR) is 122 cm³/mol. The molecule has 0 saturated heterocycles. The standard InChI is InChI=1S/C21H22Cl2N4O2S/c1-4-27-18(11-29-15-9-8-13(2)14(3)10-15)25-26-21(27)30-12-19(28)24-17-7-5-6-16(22)20(17)23/h5-10H,4,11-12H2,1-3H3,(H,24,28). The van der Waals surface area contributed by atoms with Crippen LogP contribution < -0.4 is 10.1 Å². The van der Waals surface area contributed by atoms with Gasteiger partial charge in [0.15, 0.2) is 11.0 Å². The third kappa shape index (κ3) is 5.47. The Hall–Kier alpha value is -2.22. The van der Waals surface area contributed by atoms with E-state index in [2.05, 4.69) is 22.4 Å². The van der Waals surface area contributed by atoms with E-state index in [4.69, 9.17) is 27.9 Å². The summed E-state index contributed by atoms with van der Waals surface area (Å²) in [6.45, 7) is 7.08. The second-order valence-electron chi connectivity index (χ2n) is 6.62. The number of nitrogens with one attached hydrogen (secondary N) is 1. The van der Waals surface area contributed by atoms with Crippen molar-refractivity contribution in [1.29, 1.82) is 0 Å². The Morgan fingerprint density at radius 3 is 2.70 bits per heavy atom. The number of nitrogens with zero attached hydrogens (tertiary/aromatic N) is 3. The van der Waals surface area contributed by atoms with Crippen molar-refractivity contribution < 1.29 is 9.53 Å². The van der Waals surface area contributed by atoms with Gasteiger partial charge in [0.1, 0.15) is 12.4 Å². The maximum Gasteiger partial charge on any atom is 0.234 e. The maximum absolute atomic E-state index is 12.3. The molecule has 9 heteroatoms. The lowest BCUT2D eigenvalue weighted by atomic mass is 10.1. The molecule has 158 valence electrons. The van der Waals surface area contributed by atoms with Crippen LogP contribution in [0.2, 0.25) is 10.0 Å². The molecule has 1 N–H and O–H groups in total. The van der Waals surface area contributed by atoms with Crippen molar-refractivity contribution in [2.75, 3.05) is 11.1 Å². The molecule has 0 aliphatic rings. The van der Waals surface area contributed by atoms with Crippen LogP contribution in [0, 0.1) is 13.8 Å². The third-order valence-electron chi connectivity index (χ3n) is 4.51. The Kier molecular flexibility index (Phi) is 7.64. The third-order valence-corrected chi connectivity index (χ3v) is 6.30. The molecule has 2 aromatic carbocycles. The molecule has 30 heavy (non-hydrogen) atoms. The van der Waals surface area contributed by atoms with Crippen LogP contribution in [0.1, 0.15) is 23.9 Å². The summed E-state index contributed by atoms with van der Waals surface area (Å²) in [5, 5.41) is 12.6. The zero-order chi connectivity index (χ0) is 21.7. The first-order valence-electron chi connectivity index (χ1n) is 9.37. The van der Waals surface area contributed by atoms with Crippen molar-refractivity contribution in [2.45, 2.75) is 39.1 Å². The minimum absolute atomic E-state index is 0.166. The minimum atomic E-state index is -0.206. The van der Waals surface area contributed by atoms with Crippen molar-refractivity contribution in [3.63, 3.8) is 0 Å². The van der Waals surface area contributed by atoms with Gasteiger partial charge in [-0.25, -0.2) is 0 Å². The fraction of sp³-hybridized carbons (Fsp3) is 0.286. The summed E-state index contributed by atoms with van der Waals surface area (Å²) >= 11 is 13.4. The number of carbonyl (C=O) groups is 1. The summed E-state index contributed by atoms with van der Waals surface area (Å²) in [4.78, 5) is 12.3. The Morgan fingerprint density at radius 2 is 1.97 bits per heavy atom. The van der Waals surface area contributed by atoms with Crippen LogP contribution >= 0.6 is 35.0 Å². The lowest BCUT2D eigenvalue weighted by molar-refractivity contribution is -0.113. The fourth-order valence-corrected chi connectivity index (χ4v) is 3.89. The van der Waals surface area contributed by atoms with Gasteiger partial charge in [-0.1, -0.05) is 47.1 Å². The smallest absolute Gasteiger partial charge is 0.234 e. The number of amides is 1. The maximum atomic E-state index is 12.3. The number of halogens is 2. The van der Waals surface area contributed by atoms with Crippen molar-refractivity contribution in [1.82, 2.24) is 14.8 Å². The Labute approximate surface area is 189 Å².